The maximum Gasteiger partial charge on any atom is 0.270 e. The number of H-pyrrole nitrogens is 1. The summed E-state index contributed by atoms with van der Waals surface area (Å²) in [4.78, 5) is 22.2. The topological polar surface area (TPSA) is 49.0 Å². The fraction of sp³-hybridized carbons (Fsp3) is 0.263. The number of para-hydroxylation sites is 1. The Balaban J connectivity index is 1.75. The number of halogens is 1. The number of aromatic nitrogens is 2. The Hall–Kier alpha value is -2.33. The van der Waals surface area contributed by atoms with Crippen molar-refractivity contribution < 1.29 is 4.79 Å². The van der Waals surface area contributed by atoms with Crippen LogP contribution in [-0.2, 0) is 0 Å². The fourth-order valence-corrected chi connectivity index (χ4v) is 3.54. The summed E-state index contributed by atoms with van der Waals surface area (Å²) in [6.07, 6.45) is 3.97. The number of carbonyl (C=O) groups excluding carboxylic acids is 1. The van der Waals surface area contributed by atoms with Crippen LogP contribution in [0.15, 0.2) is 36.5 Å². The highest BCUT2D eigenvalue weighted by atomic mass is 35.5. The number of nitrogens with zero attached hydrogens (tertiary/aromatic N) is 2. The zero-order chi connectivity index (χ0) is 16.7. The number of likely N-dealkylation sites (tertiary alicyclic amines) is 1. The molecule has 0 aliphatic carbocycles. The molecule has 0 saturated carbocycles. The molecule has 1 aromatic carbocycles. The van der Waals surface area contributed by atoms with Crippen molar-refractivity contribution >= 4 is 28.4 Å². The van der Waals surface area contributed by atoms with Crippen molar-refractivity contribution in [2.45, 2.75) is 19.8 Å². The molecule has 1 amide bonds. The van der Waals surface area contributed by atoms with Crippen LogP contribution in [0, 0.1) is 6.92 Å². The van der Waals surface area contributed by atoms with Crippen LogP contribution in [0.1, 0.15) is 28.9 Å². The Bertz CT molecular complexity index is 926. The zero-order valence-electron chi connectivity index (χ0n) is 13.5. The third-order valence-corrected chi connectivity index (χ3v) is 5.12. The van der Waals surface area contributed by atoms with Gasteiger partial charge in [-0.2, -0.15) is 0 Å². The van der Waals surface area contributed by atoms with Gasteiger partial charge in [0.05, 0.1) is 16.2 Å². The molecule has 122 valence electrons. The minimum Gasteiger partial charge on any atom is -0.357 e. The highest BCUT2D eigenvalue weighted by Gasteiger charge is 2.22. The second-order valence-electron chi connectivity index (χ2n) is 6.22. The van der Waals surface area contributed by atoms with E-state index >= 15 is 0 Å². The van der Waals surface area contributed by atoms with Crippen LogP contribution >= 0.6 is 11.6 Å². The van der Waals surface area contributed by atoms with E-state index in [1.807, 2.05) is 48.4 Å². The number of pyridine rings is 1. The van der Waals surface area contributed by atoms with E-state index in [2.05, 4.69) is 4.98 Å². The molecule has 4 rings (SSSR count). The summed E-state index contributed by atoms with van der Waals surface area (Å²) >= 11 is 6.55. The maximum atomic E-state index is 12.5. The molecule has 4 nitrogen and oxygen atoms in total. The lowest BCUT2D eigenvalue weighted by Crippen LogP contribution is -2.27. The number of aryl methyl sites for hydroxylation is 1. The second kappa shape index (κ2) is 5.95. The van der Waals surface area contributed by atoms with Gasteiger partial charge in [0, 0.05) is 30.2 Å². The minimum absolute atomic E-state index is 0.0485. The number of amides is 1. The van der Waals surface area contributed by atoms with Gasteiger partial charge >= 0.3 is 0 Å². The van der Waals surface area contributed by atoms with E-state index in [1.54, 1.807) is 0 Å². The molecule has 24 heavy (non-hydrogen) atoms. The van der Waals surface area contributed by atoms with E-state index in [9.17, 15) is 4.79 Å². The van der Waals surface area contributed by atoms with E-state index < -0.39 is 0 Å². The van der Waals surface area contributed by atoms with Gasteiger partial charge in [-0.1, -0.05) is 29.8 Å². The number of nitrogens with one attached hydrogen (secondary N) is 1. The van der Waals surface area contributed by atoms with Gasteiger partial charge in [-0.15, -0.1) is 0 Å². The Morgan fingerprint density at radius 3 is 2.79 bits per heavy atom. The predicted molar refractivity (Wildman–Crippen MR) is 96.4 cm³/mol. The van der Waals surface area contributed by atoms with Crippen LogP contribution in [0.5, 0.6) is 0 Å². The summed E-state index contributed by atoms with van der Waals surface area (Å²) in [6.45, 7) is 3.67. The monoisotopic (exact) mass is 339 g/mol. The third kappa shape index (κ3) is 2.47. The van der Waals surface area contributed by atoms with Crippen LogP contribution in [0.2, 0.25) is 5.02 Å². The predicted octanol–water partition coefficient (Wildman–Crippen LogP) is 4.43. The molecule has 1 saturated heterocycles. The van der Waals surface area contributed by atoms with Crippen LogP contribution in [0.4, 0.5) is 0 Å². The Kier molecular flexibility index (Phi) is 3.77. The van der Waals surface area contributed by atoms with Crippen LogP contribution in [0.3, 0.4) is 0 Å². The molecule has 2 aromatic heterocycles. The normalized spacial score (nSPS) is 14.5. The smallest absolute Gasteiger partial charge is 0.270 e. The van der Waals surface area contributed by atoms with E-state index in [4.69, 9.17) is 16.6 Å². The van der Waals surface area contributed by atoms with Crippen molar-refractivity contribution in [2.75, 3.05) is 13.1 Å². The van der Waals surface area contributed by atoms with Gasteiger partial charge < -0.3 is 9.88 Å². The maximum absolute atomic E-state index is 12.5. The first-order chi connectivity index (χ1) is 11.6. The van der Waals surface area contributed by atoms with Gasteiger partial charge in [0.2, 0.25) is 0 Å². The first kappa shape index (κ1) is 15.2. The standard InChI is InChI=1S/C19H18ClN3O/c1-12-14-6-2-3-7-15(14)22-18(17(12)20)13-10-16(21-11-13)19(24)23-8-4-5-9-23/h2-3,6-7,10-11,21H,4-5,8-9H2,1H3. The molecule has 1 fully saturated rings. The van der Waals surface area contributed by atoms with Crippen molar-refractivity contribution in [3.8, 4) is 11.3 Å². The zero-order valence-corrected chi connectivity index (χ0v) is 14.2. The molecule has 0 spiro atoms. The summed E-state index contributed by atoms with van der Waals surface area (Å²) in [5.74, 6) is 0.0485. The summed E-state index contributed by atoms with van der Waals surface area (Å²) in [7, 11) is 0. The number of rotatable bonds is 2. The number of hydrogen-bond acceptors (Lipinski definition) is 2. The second-order valence-corrected chi connectivity index (χ2v) is 6.60. The third-order valence-electron chi connectivity index (χ3n) is 4.66. The molecule has 3 aromatic rings. The summed E-state index contributed by atoms with van der Waals surface area (Å²) in [6, 6.07) is 9.79. The lowest BCUT2D eigenvalue weighted by atomic mass is 10.1. The van der Waals surface area contributed by atoms with Crippen molar-refractivity contribution in [1.82, 2.24) is 14.9 Å². The largest absolute Gasteiger partial charge is 0.357 e. The lowest BCUT2D eigenvalue weighted by Gasteiger charge is -2.13. The number of carbonyl (C=O) groups is 1. The molecule has 1 aliphatic heterocycles. The summed E-state index contributed by atoms with van der Waals surface area (Å²) in [5, 5.41) is 1.68. The van der Waals surface area contributed by atoms with Crippen LogP contribution < -0.4 is 0 Å². The molecule has 0 unspecified atom stereocenters. The van der Waals surface area contributed by atoms with Gasteiger partial charge in [-0.25, -0.2) is 4.98 Å². The minimum atomic E-state index is 0.0485. The number of hydrogen-bond donors (Lipinski definition) is 1. The summed E-state index contributed by atoms with van der Waals surface area (Å²) < 4.78 is 0. The Morgan fingerprint density at radius 1 is 1.25 bits per heavy atom. The Labute approximate surface area is 145 Å². The highest BCUT2D eigenvalue weighted by molar-refractivity contribution is 6.34. The van der Waals surface area contributed by atoms with Crippen molar-refractivity contribution in [3.05, 3.63) is 52.8 Å². The molecule has 3 heterocycles. The van der Waals surface area contributed by atoms with E-state index in [1.165, 1.54) is 0 Å². The summed E-state index contributed by atoms with van der Waals surface area (Å²) in [5.41, 5.74) is 4.06. The average molecular weight is 340 g/mol. The molecule has 0 atom stereocenters. The highest BCUT2D eigenvalue weighted by Crippen LogP contribution is 2.33. The van der Waals surface area contributed by atoms with Gasteiger partial charge in [0.15, 0.2) is 0 Å². The number of fused-ring (bicyclic) bond motifs is 1. The quantitative estimate of drug-likeness (QED) is 0.751. The fourth-order valence-electron chi connectivity index (χ4n) is 3.29. The number of aromatic amines is 1. The van der Waals surface area contributed by atoms with E-state index in [-0.39, 0.29) is 5.91 Å². The molecular formula is C19H18ClN3O. The van der Waals surface area contributed by atoms with Crippen molar-refractivity contribution in [1.29, 1.82) is 0 Å². The lowest BCUT2D eigenvalue weighted by molar-refractivity contribution is 0.0788. The van der Waals surface area contributed by atoms with Crippen molar-refractivity contribution in [2.24, 2.45) is 0 Å². The molecule has 5 heteroatoms. The first-order valence-corrected chi connectivity index (χ1v) is 8.56. The first-order valence-electron chi connectivity index (χ1n) is 8.18. The van der Waals surface area contributed by atoms with Gasteiger partial charge in [0.25, 0.3) is 5.91 Å². The van der Waals surface area contributed by atoms with E-state index in [0.29, 0.717) is 16.4 Å². The Morgan fingerprint density at radius 2 is 2.00 bits per heavy atom. The van der Waals surface area contributed by atoms with E-state index in [0.717, 1.165) is 48.0 Å². The van der Waals surface area contributed by atoms with Crippen molar-refractivity contribution in [3.63, 3.8) is 0 Å². The average Bonchev–Trinajstić information content (AvgIpc) is 3.29. The SMILES string of the molecule is Cc1c(Cl)c(-c2c[nH]c(C(=O)N3CCCC3)c2)nc2ccccc12. The molecule has 1 aliphatic rings. The molecular weight excluding hydrogens is 322 g/mol. The van der Waals surface area contributed by atoms with Gasteiger partial charge in [-0.05, 0) is 37.5 Å². The van der Waals surface area contributed by atoms with Crippen LogP contribution in [-0.4, -0.2) is 33.9 Å². The molecule has 1 N–H and O–H groups in total. The van der Waals surface area contributed by atoms with Gasteiger partial charge in [-0.3, -0.25) is 4.79 Å². The van der Waals surface area contributed by atoms with Gasteiger partial charge in [0.1, 0.15) is 5.69 Å². The molecule has 0 bridgehead atoms. The number of benzene rings is 1. The van der Waals surface area contributed by atoms with Crippen LogP contribution in [0.25, 0.3) is 22.2 Å². The molecule has 0 radical (unpaired) electrons.